The molecule has 0 saturated carbocycles. The summed E-state index contributed by atoms with van der Waals surface area (Å²) in [5, 5.41) is 2.86. The molecule has 2 saturated heterocycles. The fraction of sp³-hybridized carbons (Fsp3) is 0.619. The van der Waals surface area contributed by atoms with Crippen molar-refractivity contribution in [3.05, 3.63) is 24.3 Å². The molecule has 2 amide bonds. The van der Waals surface area contributed by atoms with E-state index in [1.165, 1.54) is 16.4 Å². The summed E-state index contributed by atoms with van der Waals surface area (Å²) in [4.78, 5) is 28.9. The summed E-state index contributed by atoms with van der Waals surface area (Å²) in [7, 11) is -0.0650. The summed E-state index contributed by atoms with van der Waals surface area (Å²) in [6, 6.07) is 5.84. The number of amides is 2. The molecule has 1 N–H and O–H groups in total. The SMILES string of the molecule is CC(C(=O)Nc1ccc(S(=O)(=O)N2CCOCC2)cc1)N1CCCC(C(=O)N(C)C)C1. The second-order valence-corrected chi connectivity index (χ2v) is 10.2. The van der Waals surface area contributed by atoms with E-state index in [0.29, 0.717) is 38.5 Å². The number of nitrogens with zero attached hydrogens (tertiary/aromatic N) is 3. The lowest BCUT2D eigenvalue weighted by Crippen LogP contribution is -2.49. The first-order valence-corrected chi connectivity index (χ1v) is 12.1. The van der Waals surface area contributed by atoms with Crippen LogP contribution in [0.4, 0.5) is 5.69 Å². The van der Waals surface area contributed by atoms with Crippen molar-refractivity contribution < 1.29 is 22.7 Å². The third kappa shape index (κ3) is 5.62. The molecule has 0 spiro atoms. The summed E-state index contributed by atoms with van der Waals surface area (Å²) < 4.78 is 32.1. The monoisotopic (exact) mass is 452 g/mol. The average molecular weight is 453 g/mol. The van der Waals surface area contributed by atoms with E-state index in [1.807, 2.05) is 11.8 Å². The number of rotatable bonds is 6. The van der Waals surface area contributed by atoms with Crippen molar-refractivity contribution in [1.82, 2.24) is 14.1 Å². The third-order valence-electron chi connectivity index (χ3n) is 5.90. The Balaban J connectivity index is 1.60. The van der Waals surface area contributed by atoms with Crippen molar-refractivity contribution in [2.45, 2.75) is 30.7 Å². The van der Waals surface area contributed by atoms with Crippen LogP contribution in [0.2, 0.25) is 0 Å². The van der Waals surface area contributed by atoms with Gasteiger partial charge >= 0.3 is 0 Å². The Morgan fingerprint density at radius 2 is 1.77 bits per heavy atom. The van der Waals surface area contributed by atoms with Gasteiger partial charge in [-0.2, -0.15) is 4.31 Å². The molecule has 2 atom stereocenters. The predicted octanol–water partition coefficient (Wildman–Crippen LogP) is 0.835. The van der Waals surface area contributed by atoms with Gasteiger partial charge in [-0.3, -0.25) is 14.5 Å². The highest BCUT2D eigenvalue weighted by Gasteiger charge is 2.31. The summed E-state index contributed by atoms with van der Waals surface area (Å²) in [5.41, 5.74) is 0.538. The van der Waals surface area contributed by atoms with E-state index < -0.39 is 16.1 Å². The minimum Gasteiger partial charge on any atom is -0.379 e. The van der Waals surface area contributed by atoms with E-state index in [2.05, 4.69) is 5.32 Å². The van der Waals surface area contributed by atoms with Crippen LogP contribution in [0.25, 0.3) is 0 Å². The Bertz CT molecular complexity index is 882. The molecule has 10 heteroatoms. The number of benzene rings is 1. The minimum atomic E-state index is -3.57. The second-order valence-electron chi connectivity index (χ2n) is 8.27. The molecule has 1 aromatic carbocycles. The van der Waals surface area contributed by atoms with Crippen molar-refractivity contribution in [3.8, 4) is 0 Å². The number of likely N-dealkylation sites (tertiary alicyclic amines) is 1. The van der Waals surface area contributed by atoms with Gasteiger partial charge in [0.25, 0.3) is 0 Å². The Morgan fingerprint density at radius 1 is 1.13 bits per heavy atom. The van der Waals surface area contributed by atoms with Gasteiger partial charge in [-0.1, -0.05) is 0 Å². The number of morpholine rings is 1. The number of anilines is 1. The number of piperidine rings is 1. The van der Waals surface area contributed by atoms with Crippen LogP contribution < -0.4 is 5.32 Å². The highest BCUT2D eigenvalue weighted by atomic mass is 32.2. The predicted molar refractivity (Wildman–Crippen MR) is 117 cm³/mol. The van der Waals surface area contributed by atoms with Gasteiger partial charge in [-0.25, -0.2) is 8.42 Å². The molecular formula is C21H32N4O5S. The lowest BCUT2D eigenvalue weighted by atomic mass is 9.95. The first kappa shape index (κ1) is 23.6. The molecule has 0 radical (unpaired) electrons. The summed E-state index contributed by atoms with van der Waals surface area (Å²) in [6.07, 6.45) is 1.71. The normalized spacial score (nSPS) is 22.0. The molecule has 2 aliphatic rings. The topological polar surface area (TPSA) is 99.3 Å². The van der Waals surface area contributed by atoms with Crippen LogP contribution in [-0.4, -0.2) is 93.9 Å². The Labute approximate surface area is 184 Å². The average Bonchev–Trinajstić information content (AvgIpc) is 2.79. The maximum absolute atomic E-state index is 12.8. The van der Waals surface area contributed by atoms with Gasteiger partial charge in [0.2, 0.25) is 21.8 Å². The number of ether oxygens (including phenoxy) is 1. The van der Waals surface area contributed by atoms with Gasteiger partial charge in [0.15, 0.2) is 0 Å². The van der Waals surface area contributed by atoms with Gasteiger partial charge < -0.3 is 15.0 Å². The standard InChI is InChI=1S/C21H32N4O5S/c1-16(24-10-4-5-17(15-24)21(27)23(2)3)20(26)22-18-6-8-19(9-7-18)31(28,29)25-11-13-30-14-12-25/h6-9,16-17H,4-5,10-15H2,1-3H3,(H,22,26). The zero-order valence-corrected chi connectivity index (χ0v) is 19.2. The van der Waals surface area contributed by atoms with Crippen LogP contribution >= 0.6 is 0 Å². The molecule has 172 valence electrons. The lowest BCUT2D eigenvalue weighted by Gasteiger charge is -2.36. The molecule has 2 heterocycles. The first-order valence-electron chi connectivity index (χ1n) is 10.6. The van der Waals surface area contributed by atoms with Crippen LogP contribution in [0.5, 0.6) is 0 Å². The third-order valence-corrected chi connectivity index (χ3v) is 7.81. The fourth-order valence-corrected chi connectivity index (χ4v) is 5.39. The summed E-state index contributed by atoms with van der Waals surface area (Å²) >= 11 is 0. The van der Waals surface area contributed by atoms with Crippen molar-refractivity contribution >= 4 is 27.5 Å². The number of nitrogens with one attached hydrogen (secondary N) is 1. The zero-order valence-electron chi connectivity index (χ0n) is 18.4. The zero-order chi connectivity index (χ0) is 22.6. The molecule has 0 bridgehead atoms. The van der Waals surface area contributed by atoms with Crippen LogP contribution in [0.1, 0.15) is 19.8 Å². The van der Waals surface area contributed by atoms with E-state index in [4.69, 9.17) is 4.74 Å². The maximum atomic E-state index is 12.8. The Kier molecular flexibility index (Phi) is 7.68. The molecule has 9 nitrogen and oxygen atoms in total. The van der Waals surface area contributed by atoms with E-state index in [0.717, 1.165) is 19.4 Å². The van der Waals surface area contributed by atoms with Crippen molar-refractivity contribution in [1.29, 1.82) is 0 Å². The quantitative estimate of drug-likeness (QED) is 0.687. The number of sulfonamides is 1. The molecule has 3 rings (SSSR count). The van der Waals surface area contributed by atoms with E-state index in [1.54, 1.807) is 31.1 Å². The fourth-order valence-electron chi connectivity index (χ4n) is 3.98. The smallest absolute Gasteiger partial charge is 0.243 e. The van der Waals surface area contributed by atoms with Crippen LogP contribution in [0.15, 0.2) is 29.2 Å². The highest BCUT2D eigenvalue weighted by Crippen LogP contribution is 2.22. The van der Waals surface area contributed by atoms with Gasteiger partial charge in [-0.05, 0) is 50.6 Å². The van der Waals surface area contributed by atoms with Crippen molar-refractivity contribution in [3.63, 3.8) is 0 Å². The first-order chi connectivity index (χ1) is 14.7. The highest BCUT2D eigenvalue weighted by molar-refractivity contribution is 7.89. The molecule has 0 aliphatic carbocycles. The summed E-state index contributed by atoms with van der Waals surface area (Å²) in [6.45, 7) is 4.61. The van der Waals surface area contributed by atoms with Crippen LogP contribution in [-0.2, 0) is 24.3 Å². The van der Waals surface area contributed by atoms with Crippen LogP contribution in [0, 0.1) is 5.92 Å². The molecule has 2 aliphatic heterocycles. The number of carbonyl (C=O) groups is 2. The maximum Gasteiger partial charge on any atom is 0.243 e. The Morgan fingerprint density at radius 3 is 2.39 bits per heavy atom. The summed E-state index contributed by atoms with van der Waals surface area (Å²) in [5.74, 6) is -0.181. The lowest BCUT2D eigenvalue weighted by molar-refractivity contribution is -0.136. The van der Waals surface area contributed by atoms with Crippen molar-refractivity contribution in [2.24, 2.45) is 5.92 Å². The number of hydrogen-bond acceptors (Lipinski definition) is 6. The van der Waals surface area contributed by atoms with Gasteiger partial charge in [-0.15, -0.1) is 0 Å². The molecule has 31 heavy (non-hydrogen) atoms. The number of hydrogen-bond donors (Lipinski definition) is 1. The molecule has 1 aromatic rings. The number of carbonyl (C=O) groups excluding carboxylic acids is 2. The van der Waals surface area contributed by atoms with Gasteiger partial charge in [0.1, 0.15) is 0 Å². The molecule has 2 unspecified atom stereocenters. The van der Waals surface area contributed by atoms with E-state index >= 15 is 0 Å². The molecular weight excluding hydrogens is 420 g/mol. The van der Waals surface area contributed by atoms with Crippen LogP contribution in [0.3, 0.4) is 0 Å². The van der Waals surface area contributed by atoms with E-state index in [-0.39, 0.29) is 22.6 Å². The molecule has 0 aromatic heterocycles. The van der Waals surface area contributed by atoms with Crippen molar-refractivity contribution in [2.75, 3.05) is 58.8 Å². The largest absolute Gasteiger partial charge is 0.379 e. The second kappa shape index (κ2) is 10.1. The Hall–Kier alpha value is -2.01. The van der Waals surface area contributed by atoms with E-state index in [9.17, 15) is 18.0 Å². The molecule has 2 fully saturated rings. The van der Waals surface area contributed by atoms with Gasteiger partial charge in [0.05, 0.1) is 30.1 Å². The van der Waals surface area contributed by atoms with Gasteiger partial charge in [0, 0.05) is 39.4 Å². The minimum absolute atomic E-state index is 0.0920.